The van der Waals surface area contributed by atoms with Gasteiger partial charge in [-0.1, -0.05) is 39.8 Å². The van der Waals surface area contributed by atoms with E-state index in [-0.39, 0.29) is 5.41 Å². The Kier molecular flexibility index (Phi) is 4.15. The molecule has 1 aliphatic rings. The molecule has 0 aromatic heterocycles. The molecule has 0 bridgehead atoms. The molecule has 0 saturated heterocycles. The normalized spacial score (nSPS) is 19.8. The first kappa shape index (κ1) is 15.4. The summed E-state index contributed by atoms with van der Waals surface area (Å²) in [5.74, 6) is 1.01. The molecule has 20 heavy (non-hydrogen) atoms. The van der Waals surface area contributed by atoms with Crippen molar-refractivity contribution in [2.75, 3.05) is 13.7 Å². The van der Waals surface area contributed by atoms with E-state index in [9.17, 15) is 0 Å². The number of benzene rings is 1. The van der Waals surface area contributed by atoms with Gasteiger partial charge in [0.1, 0.15) is 5.75 Å². The summed E-state index contributed by atoms with van der Waals surface area (Å²) in [7, 11) is 1.76. The van der Waals surface area contributed by atoms with E-state index in [1.165, 1.54) is 24.0 Å². The third kappa shape index (κ3) is 3.01. The zero-order chi connectivity index (χ0) is 15.0. The van der Waals surface area contributed by atoms with Gasteiger partial charge < -0.3 is 10.1 Å². The van der Waals surface area contributed by atoms with Crippen molar-refractivity contribution < 1.29 is 4.74 Å². The third-order valence-electron chi connectivity index (χ3n) is 4.50. The molecule has 0 radical (unpaired) electrons. The number of nitrogens with one attached hydrogen (secondary N) is 1. The van der Waals surface area contributed by atoms with E-state index >= 15 is 0 Å². The van der Waals surface area contributed by atoms with E-state index in [1.807, 2.05) is 0 Å². The van der Waals surface area contributed by atoms with Gasteiger partial charge in [-0.3, -0.25) is 0 Å². The van der Waals surface area contributed by atoms with Crippen LogP contribution in [-0.4, -0.2) is 19.7 Å². The van der Waals surface area contributed by atoms with E-state index < -0.39 is 0 Å². The molecule has 1 aromatic rings. The fourth-order valence-corrected chi connectivity index (χ4v) is 3.76. The average Bonchev–Trinajstić information content (AvgIpc) is 2.34. The second-order valence-corrected chi connectivity index (χ2v) is 7.52. The lowest BCUT2D eigenvalue weighted by molar-refractivity contribution is 0.0546. The molecule has 0 heterocycles. The van der Waals surface area contributed by atoms with Crippen LogP contribution in [0.2, 0.25) is 0 Å². The number of aryl methyl sites for hydroxylation is 1. The second kappa shape index (κ2) is 5.40. The van der Waals surface area contributed by atoms with Crippen molar-refractivity contribution >= 4 is 0 Å². The summed E-state index contributed by atoms with van der Waals surface area (Å²) < 4.78 is 5.51. The van der Waals surface area contributed by atoms with E-state index in [1.54, 1.807) is 7.11 Å². The lowest BCUT2D eigenvalue weighted by atomic mass is 9.52. The number of methoxy groups -OCH3 is 1. The molecule has 2 heteroatoms. The summed E-state index contributed by atoms with van der Waals surface area (Å²) in [6, 6.07) is 7.25. The van der Waals surface area contributed by atoms with Gasteiger partial charge in [0.15, 0.2) is 0 Å². The Hall–Kier alpha value is -1.02. The van der Waals surface area contributed by atoms with Crippen LogP contribution in [0.4, 0.5) is 0 Å². The van der Waals surface area contributed by atoms with E-state index in [0.29, 0.717) is 11.5 Å². The van der Waals surface area contributed by atoms with Gasteiger partial charge >= 0.3 is 0 Å². The number of hydrogen-bond acceptors (Lipinski definition) is 2. The molecule has 0 spiro atoms. The molecular formula is C18H29NO. The molecule has 0 unspecified atom stereocenters. The van der Waals surface area contributed by atoms with Crippen molar-refractivity contribution in [1.82, 2.24) is 5.32 Å². The first-order valence-corrected chi connectivity index (χ1v) is 7.67. The molecule has 0 amide bonds. The van der Waals surface area contributed by atoms with Crippen LogP contribution in [0.15, 0.2) is 18.2 Å². The van der Waals surface area contributed by atoms with E-state index in [4.69, 9.17) is 4.74 Å². The summed E-state index contributed by atoms with van der Waals surface area (Å²) >= 11 is 0. The Morgan fingerprint density at radius 2 is 1.90 bits per heavy atom. The maximum atomic E-state index is 5.51. The minimum Gasteiger partial charge on any atom is -0.496 e. The van der Waals surface area contributed by atoms with Crippen molar-refractivity contribution in [2.24, 2.45) is 5.41 Å². The quantitative estimate of drug-likeness (QED) is 0.875. The van der Waals surface area contributed by atoms with E-state index in [0.717, 1.165) is 12.3 Å². The van der Waals surface area contributed by atoms with Crippen LogP contribution in [0, 0.1) is 12.3 Å². The fraction of sp³-hybridized carbons (Fsp3) is 0.667. The lowest BCUT2D eigenvalue weighted by Crippen LogP contribution is -2.53. The highest BCUT2D eigenvalue weighted by atomic mass is 16.5. The summed E-state index contributed by atoms with van der Waals surface area (Å²) in [4.78, 5) is 0. The molecule has 1 N–H and O–H groups in total. The molecule has 112 valence electrons. The van der Waals surface area contributed by atoms with Crippen molar-refractivity contribution in [3.63, 3.8) is 0 Å². The number of ether oxygens (including phenoxy) is 1. The molecule has 1 aliphatic carbocycles. The average molecular weight is 275 g/mol. The SMILES string of the molecule is COc1cc(C2(CNC(C)C)CC(C)(C)C2)ccc1C. The molecule has 2 nitrogen and oxygen atoms in total. The molecule has 2 rings (SSSR count). The van der Waals surface area contributed by atoms with Gasteiger partial charge in [0, 0.05) is 18.0 Å². The van der Waals surface area contributed by atoms with Crippen LogP contribution in [0.3, 0.4) is 0 Å². The number of rotatable bonds is 5. The molecule has 1 aromatic carbocycles. The standard InChI is InChI=1S/C18H29NO/c1-13(2)19-12-18(10-17(4,5)11-18)15-8-7-14(3)16(9-15)20-6/h7-9,13,19H,10-12H2,1-6H3. The summed E-state index contributed by atoms with van der Waals surface area (Å²) in [6.45, 7) is 12.3. The van der Waals surface area contributed by atoms with Gasteiger partial charge in [-0.2, -0.15) is 0 Å². The Balaban J connectivity index is 2.28. The molecule has 1 fully saturated rings. The minimum absolute atomic E-state index is 0.273. The maximum Gasteiger partial charge on any atom is 0.122 e. The first-order valence-electron chi connectivity index (χ1n) is 7.67. The van der Waals surface area contributed by atoms with Gasteiger partial charge in [0.2, 0.25) is 0 Å². The van der Waals surface area contributed by atoms with Crippen LogP contribution in [0.5, 0.6) is 5.75 Å². The van der Waals surface area contributed by atoms with Gasteiger partial charge in [-0.05, 0) is 42.4 Å². The predicted octanol–water partition coefficient (Wildman–Crippen LogP) is 4.06. The Morgan fingerprint density at radius 3 is 2.40 bits per heavy atom. The van der Waals surface area contributed by atoms with Crippen molar-refractivity contribution in [3.05, 3.63) is 29.3 Å². The van der Waals surface area contributed by atoms with Gasteiger partial charge in [0.25, 0.3) is 0 Å². The Bertz CT molecular complexity index is 468. The molecule has 1 saturated carbocycles. The monoisotopic (exact) mass is 275 g/mol. The third-order valence-corrected chi connectivity index (χ3v) is 4.50. The van der Waals surface area contributed by atoms with Crippen LogP contribution in [-0.2, 0) is 5.41 Å². The van der Waals surface area contributed by atoms with Gasteiger partial charge in [-0.25, -0.2) is 0 Å². The molecule has 0 atom stereocenters. The first-order chi connectivity index (χ1) is 9.28. The Morgan fingerprint density at radius 1 is 1.25 bits per heavy atom. The predicted molar refractivity (Wildman–Crippen MR) is 85.6 cm³/mol. The Labute approximate surface area is 123 Å². The zero-order valence-electron chi connectivity index (χ0n) is 13.8. The summed E-state index contributed by atoms with van der Waals surface area (Å²) in [5.41, 5.74) is 3.36. The zero-order valence-corrected chi connectivity index (χ0v) is 13.8. The second-order valence-electron chi connectivity index (χ2n) is 7.52. The van der Waals surface area contributed by atoms with Crippen LogP contribution >= 0.6 is 0 Å². The fourth-order valence-electron chi connectivity index (χ4n) is 3.76. The maximum absolute atomic E-state index is 5.51. The molecule has 0 aliphatic heterocycles. The smallest absolute Gasteiger partial charge is 0.122 e. The molecular weight excluding hydrogens is 246 g/mol. The van der Waals surface area contributed by atoms with E-state index in [2.05, 4.69) is 58.1 Å². The number of hydrogen-bond donors (Lipinski definition) is 1. The summed E-state index contributed by atoms with van der Waals surface area (Å²) in [6.07, 6.45) is 2.48. The van der Waals surface area contributed by atoms with Crippen LogP contribution in [0.1, 0.15) is 51.7 Å². The minimum atomic E-state index is 0.273. The van der Waals surface area contributed by atoms with Crippen molar-refractivity contribution in [1.29, 1.82) is 0 Å². The van der Waals surface area contributed by atoms with Crippen LogP contribution < -0.4 is 10.1 Å². The van der Waals surface area contributed by atoms with Gasteiger partial charge in [-0.15, -0.1) is 0 Å². The van der Waals surface area contributed by atoms with Crippen LogP contribution in [0.25, 0.3) is 0 Å². The highest BCUT2D eigenvalue weighted by Gasteiger charge is 2.49. The topological polar surface area (TPSA) is 21.3 Å². The van der Waals surface area contributed by atoms with Crippen molar-refractivity contribution in [2.45, 2.75) is 58.9 Å². The highest BCUT2D eigenvalue weighted by molar-refractivity contribution is 5.42. The highest BCUT2D eigenvalue weighted by Crippen LogP contribution is 2.55. The largest absolute Gasteiger partial charge is 0.496 e. The van der Waals surface area contributed by atoms with Crippen molar-refractivity contribution in [3.8, 4) is 5.75 Å². The summed E-state index contributed by atoms with van der Waals surface area (Å²) in [5, 5.41) is 3.64. The lowest BCUT2D eigenvalue weighted by Gasteiger charge is -2.54. The van der Waals surface area contributed by atoms with Gasteiger partial charge in [0.05, 0.1) is 7.11 Å².